The van der Waals surface area contributed by atoms with Crippen LogP contribution >= 0.6 is 15.9 Å². The highest BCUT2D eigenvalue weighted by Gasteiger charge is 2.26. The second-order valence-electron chi connectivity index (χ2n) is 5.48. The van der Waals surface area contributed by atoms with E-state index < -0.39 is 0 Å². The van der Waals surface area contributed by atoms with Gasteiger partial charge in [0.05, 0.1) is 11.4 Å². The predicted molar refractivity (Wildman–Crippen MR) is 87.7 cm³/mol. The van der Waals surface area contributed by atoms with Crippen molar-refractivity contribution in [1.82, 2.24) is 4.90 Å². The molecule has 0 unspecified atom stereocenters. The van der Waals surface area contributed by atoms with Crippen LogP contribution in [-0.2, 0) is 16.0 Å². The van der Waals surface area contributed by atoms with Crippen LogP contribution < -0.4 is 10.2 Å². The summed E-state index contributed by atoms with van der Waals surface area (Å²) in [5.41, 5.74) is 2.63. The van der Waals surface area contributed by atoms with Gasteiger partial charge in [-0.3, -0.25) is 9.59 Å². The normalized spacial score (nSPS) is 13.5. The van der Waals surface area contributed by atoms with E-state index in [4.69, 9.17) is 0 Å². The Bertz CT molecular complexity index is 572. The number of nitrogens with one attached hydrogen (secondary N) is 1. The lowest BCUT2D eigenvalue weighted by molar-refractivity contribution is -0.117. The Balaban J connectivity index is 2.23. The van der Waals surface area contributed by atoms with E-state index in [1.54, 1.807) is 11.8 Å². The largest absolute Gasteiger partial charge is 0.324 e. The number of nitrogens with zero attached hydrogens (tertiary/aromatic N) is 2. The van der Waals surface area contributed by atoms with Gasteiger partial charge in [-0.1, -0.05) is 15.9 Å². The molecule has 2 rings (SSSR count). The summed E-state index contributed by atoms with van der Waals surface area (Å²) in [7, 11) is 3.86. The molecule has 114 valence electrons. The molecule has 2 amide bonds. The summed E-state index contributed by atoms with van der Waals surface area (Å²) >= 11 is 3.46. The molecule has 0 atom stereocenters. The molecule has 1 aromatic rings. The average molecular weight is 354 g/mol. The number of amides is 2. The highest BCUT2D eigenvalue weighted by Crippen LogP contribution is 2.38. The monoisotopic (exact) mass is 353 g/mol. The number of carbonyl (C=O) groups excluding carboxylic acids is 2. The first-order valence-corrected chi connectivity index (χ1v) is 7.73. The third-order valence-corrected chi connectivity index (χ3v) is 3.93. The van der Waals surface area contributed by atoms with Crippen LogP contribution in [0.3, 0.4) is 0 Å². The lowest BCUT2D eigenvalue weighted by Gasteiger charge is -2.19. The molecule has 0 radical (unpaired) electrons. The minimum absolute atomic E-state index is 0.000127. The lowest BCUT2D eigenvalue weighted by Crippen LogP contribution is -2.27. The van der Waals surface area contributed by atoms with E-state index >= 15 is 0 Å². The Morgan fingerprint density at radius 2 is 2.10 bits per heavy atom. The topological polar surface area (TPSA) is 52.7 Å². The van der Waals surface area contributed by atoms with Crippen LogP contribution in [0.1, 0.15) is 18.9 Å². The fourth-order valence-corrected chi connectivity index (χ4v) is 2.96. The van der Waals surface area contributed by atoms with Gasteiger partial charge in [-0.2, -0.15) is 0 Å². The number of anilines is 2. The van der Waals surface area contributed by atoms with E-state index in [0.717, 1.165) is 22.1 Å². The van der Waals surface area contributed by atoms with Gasteiger partial charge >= 0.3 is 0 Å². The maximum atomic E-state index is 12.0. The van der Waals surface area contributed by atoms with Crippen molar-refractivity contribution >= 4 is 39.1 Å². The number of halogens is 1. The first-order chi connectivity index (χ1) is 9.88. The fourth-order valence-electron chi connectivity index (χ4n) is 2.46. The highest BCUT2D eigenvalue weighted by atomic mass is 79.9. The third kappa shape index (κ3) is 3.83. The number of benzene rings is 1. The lowest BCUT2D eigenvalue weighted by atomic mass is 10.1. The van der Waals surface area contributed by atoms with Gasteiger partial charge in [-0.15, -0.1) is 0 Å². The minimum atomic E-state index is -0.0422. The van der Waals surface area contributed by atoms with Crippen LogP contribution in [0.2, 0.25) is 0 Å². The first kappa shape index (κ1) is 16.0. The molecule has 0 saturated carbocycles. The van der Waals surface area contributed by atoms with E-state index in [2.05, 4.69) is 21.2 Å². The summed E-state index contributed by atoms with van der Waals surface area (Å²) in [5.74, 6) is -0.0423. The number of rotatable bonds is 4. The molecule has 1 aliphatic rings. The molecule has 0 aliphatic carbocycles. The SMILES string of the molecule is CC(=O)N1CCc2cc(Br)cc(NC(=O)CCN(C)C)c21. The molecule has 1 heterocycles. The third-order valence-electron chi connectivity index (χ3n) is 3.47. The van der Waals surface area contributed by atoms with Crippen molar-refractivity contribution in [2.75, 3.05) is 37.4 Å². The van der Waals surface area contributed by atoms with Gasteiger partial charge in [0.25, 0.3) is 0 Å². The molecule has 0 aromatic heterocycles. The zero-order valence-electron chi connectivity index (χ0n) is 12.6. The molecule has 1 aliphatic heterocycles. The van der Waals surface area contributed by atoms with E-state index in [9.17, 15) is 9.59 Å². The molecule has 6 heteroatoms. The average Bonchev–Trinajstić information content (AvgIpc) is 2.80. The second kappa shape index (κ2) is 6.58. The Kier molecular flexibility index (Phi) is 5.00. The van der Waals surface area contributed by atoms with Gasteiger partial charge in [0.2, 0.25) is 11.8 Å². The summed E-state index contributed by atoms with van der Waals surface area (Å²) in [6.45, 7) is 2.91. The molecule has 1 aromatic carbocycles. The van der Waals surface area contributed by atoms with Gasteiger partial charge in [0.1, 0.15) is 0 Å². The van der Waals surface area contributed by atoms with Crippen molar-refractivity contribution < 1.29 is 9.59 Å². The van der Waals surface area contributed by atoms with Crippen molar-refractivity contribution in [2.24, 2.45) is 0 Å². The highest BCUT2D eigenvalue weighted by molar-refractivity contribution is 9.10. The molecule has 0 fully saturated rings. The molecule has 21 heavy (non-hydrogen) atoms. The zero-order chi connectivity index (χ0) is 15.6. The number of hydrogen-bond acceptors (Lipinski definition) is 3. The quantitative estimate of drug-likeness (QED) is 0.902. The Morgan fingerprint density at radius 1 is 1.38 bits per heavy atom. The fraction of sp³-hybridized carbons (Fsp3) is 0.467. The number of carbonyl (C=O) groups is 2. The molecule has 0 spiro atoms. The van der Waals surface area contributed by atoms with Crippen molar-refractivity contribution in [3.05, 3.63) is 22.2 Å². The van der Waals surface area contributed by atoms with Crippen molar-refractivity contribution in [2.45, 2.75) is 19.8 Å². The minimum Gasteiger partial charge on any atom is -0.324 e. The van der Waals surface area contributed by atoms with Crippen molar-refractivity contribution in [3.63, 3.8) is 0 Å². The Hall–Kier alpha value is -1.40. The van der Waals surface area contributed by atoms with Crippen molar-refractivity contribution in [1.29, 1.82) is 0 Å². The first-order valence-electron chi connectivity index (χ1n) is 6.93. The van der Waals surface area contributed by atoms with Gasteiger partial charge in [0, 0.05) is 30.9 Å². The van der Waals surface area contributed by atoms with E-state index in [-0.39, 0.29) is 11.8 Å². The molecule has 0 saturated heterocycles. The molecule has 5 nitrogen and oxygen atoms in total. The molecule has 1 N–H and O–H groups in total. The van der Waals surface area contributed by atoms with Gasteiger partial charge in [-0.25, -0.2) is 0 Å². The Labute approximate surface area is 133 Å². The summed E-state index contributed by atoms with van der Waals surface area (Å²) in [5, 5.41) is 2.93. The van der Waals surface area contributed by atoms with Crippen LogP contribution in [0.25, 0.3) is 0 Å². The summed E-state index contributed by atoms with van der Waals surface area (Å²) in [4.78, 5) is 27.5. The van der Waals surface area contributed by atoms with Crippen LogP contribution in [0.15, 0.2) is 16.6 Å². The standard InChI is InChI=1S/C15H20BrN3O2/c1-10(20)19-7-4-11-8-12(16)9-13(15(11)19)17-14(21)5-6-18(2)3/h8-9H,4-7H2,1-3H3,(H,17,21). The van der Waals surface area contributed by atoms with E-state index in [0.29, 0.717) is 25.2 Å². The van der Waals surface area contributed by atoms with E-state index in [1.807, 2.05) is 31.1 Å². The Morgan fingerprint density at radius 3 is 2.71 bits per heavy atom. The van der Waals surface area contributed by atoms with Gasteiger partial charge in [-0.05, 0) is 38.2 Å². The number of fused-ring (bicyclic) bond motifs is 1. The van der Waals surface area contributed by atoms with Crippen LogP contribution in [-0.4, -0.2) is 43.9 Å². The van der Waals surface area contributed by atoms with Crippen molar-refractivity contribution in [3.8, 4) is 0 Å². The van der Waals surface area contributed by atoms with Crippen LogP contribution in [0.4, 0.5) is 11.4 Å². The predicted octanol–water partition coefficient (Wildman–Crippen LogP) is 2.25. The summed E-state index contributed by atoms with van der Waals surface area (Å²) in [6.07, 6.45) is 1.24. The van der Waals surface area contributed by atoms with Crippen LogP contribution in [0, 0.1) is 0 Å². The smallest absolute Gasteiger partial charge is 0.225 e. The summed E-state index contributed by atoms with van der Waals surface area (Å²) in [6, 6.07) is 3.86. The maximum Gasteiger partial charge on any atom is 0.225 e. The summed E-state index contributed by atoms with van der Waals surface area (Å²) < 4.78 is 0.912. The van der Waals surface area contributed by atoms with Gasteiger partial charge in [0.15, 0.2) is 0 Å². The van der Waals surface area contributed by atoms with E-state index in [1.165, 1.54) is 0 Å². The molecular weight excluding hydrogens is 334 g/mol. The second-order valence-corrected chi connectivity index (χ2v) is 6.40. The van der Waals surface area contributed by atoms with Gasteiger partial charge < -0.3 is 15.1 Å². The molecular formula is C15H20BrN3O2. The molecule has 0 bridgehead atoms. The zero-order valence-corrected chi connectivity index (χ0v) is 14.2. The number of hydrogen-bond donors (Lipinski definition) is 1. The maximum absolute atomic E-state index is 12.0. The van der Waals surface area contributed by atoms with Crippen LogP contribution in [0.5, 0.6) is 0 Å².